The average Bonchev–Trinajstić information content (AvgIpc) is 3.02. The maximum absolute atomic E-state index is 12.9. The molecule has 0 saturated carbocycles. The van der Waals surface area contributed by atoms with Crippen LogP contribution in [0.5, 0.6) is 0 Å². The summed E-state index contributed by atoms with van der Waals surface area (Å²) in [5.41, 5.74) is 0.700. The number of halogens is 1. The van der Waals surface area contributed by atoms with Crippen LogP contribution in [0.25, 0.3) is 5.69 Å². The molecule has 122 valence electrons. The van der Waals surface area contributed by atoms with Gasteiger partial charge >= 0.3 is 5.97 Å². The Morgan fingerprint density at radius 3 is 2.52 bits per heavy atom. The molecule has 0 fully saturated rings. The van der Waals surface area contributed by atoms with Crippen molar-refractivity contribution in [2.24, 2.45) is 5.92 Å². The van der Waals surface area contributed by atoms with Gasteiger partial charge in [-0.2, -0.15) is 5.10 Å². The summed E-state index contributed by atoms with van der Waals surface area (Å²) < 4.78 is 14.3. The van der Waals surface area contributed by atoms with E-state index in [0.717, 1.165) is 0 Å². The molecule has 2 atom stereocenters. The van der Waals surface area contributed by atoms with Gasteiger partial charge in [0.15, 0.2) is 5.69 Å². The highest BCUT2D eigenvalue weighted by Gasteiger charge is 2.26. The molecule has 2 rings (SSSR count). The second kappa shape index (κ2) is 7.04. The highest BCUT2D eigenvalue weighted by molar-refractivity contribution is 5.95. The molecule has 2 N–H and O–H groups in total. The van der Waals surface area contributed by atoms with E-state index >= 15 is 0 Å². The predicted molar refractivity (Wildman–Crippen MR) is 81.9 cm³/mol. The number of rotatable bonds is 6. The van der Waals surface area contributed by atoms with E-state index < -0.39 is 17.9 Å². The van der Waals surface area contributed by atoms with Crippen LogP contribution in [-0.4, -0.2) is 32.8 Å². The van der Waals surface area contributed by atoms with Crippen molar-refractivity contribution in [2.75, 3.05) is 0 Å². The minimum atomic E-state index is -1.08. The van der Waals surface area contributed by atoms with E-state index in [9.17, 15) is 19.1 Å². The summed E-state index contributed by atoms with van der Waals surface area (Å²) >= 11 is 0. The van der Waals surface area contributed by atoms with Crippen LogP contribution in [0.4, 0.5) is 4.39 Å². The SMILES string of the molecule is CC[C@H](C)[C@H](NC(=O)c1ccn(-c2ccc(F)cc2)n1)C(=O)O. The number of hydrogen-bond acceptors (Lipinski definition) is 3. The van der Waals surface area contributed by atoms with Gasteiger partial charge in [0.2, 0.25) is 0 Å². The molecule has 0 unspecified atom stereocenters. The summed E-state index contributed by atoms with van der Waals surface area (Å²) in [6.07, 6.45) is 2.18. The summed E-state index contributed by atoms with van der Waals surface area (Å²) in [5.74, 6) is -2.20. The quantitative estimate of drug-likeness (QED) is 0.855. The highest BCUT2D eigenvalue weighted by Crippen LogP contribution is 2.11. The smallest absolute Gasteiger partial charge is 0.326 e. The second-order valence-corrected chi connectivity index (χ2v) is 5.30. The predicted octanol–water partition coefficient (Wildman–Crippen LogP) is 2.24. The topological polar surface area (TPSA) is 84.2 Å². The molecule has 23 heavy (non-hydrogen) atoms. The standard InChI is InChI=1S/C16H18FN3O3/c1-3-10(2)14(16(22)23)18-15(21)13-8-9-20(19-13)12-6-4-11(17)5-7-12/h4-10,14H,3H2,1-2H3,(H,18,21)(H,22,23)/t10-,14-/m0/s1. The van der Waals surface area contributed by atoms with E-state index in [0.29, 0.717) is 12.1 Å². The van der Waals surface area contributed by atoms with Gasteiger partial charge < -0.3 is 10.4 Å². The number of carbonyl (C=O) groups is 2. The second-order valence-electron chi connectivity index (χ2n) is 5.30. The monoisotopic (exact) mass is 319 g/mol. The fourth-order valence-corrected chi connectivity index (χ4v) is 2.08. The molecule has 0 aliphatic heterocycles. The maximum Gasteiger partial charge on any atom is 0.326 e. The van der Waals surface area contributed by atoms with E-state index in [4.69, 9.17) is 0 Å². The molecule has 1 aromatic heterocycles. The van der Waals surface area contributed by atoms with E-state index in [-0.39, 0.29) is 17.4 Å². The average molecular weight is 319 g/mol. The molecule has 1 aromatic carbocycles. The molecule has 7 heteroatoms. The Bertz CT molecular complexity index is 697. The first-order valence-corrected chi connectivity index (χ1v) is 7.27. The van der Waals surface area contributed by atoms with Crippen LogP contribution in [0.1, 0.15) is 30.8 Å². The van der Waals surface area contributed by atoms with Crippen LogP contribution in [0.2, 0.25) is 0 Å². The van der Waals surface area contributed by atoms with Gasteiger partial charge in [-0.1, -0.05) is 20.3 Å². The van der Waals surface area contributed by atoms with Gasteiger partial charge in [-0.3, -0.25) is 4.79 Å². The zero-order valence-corrected chi connectivity index (χ0v) is 12.9. The largest absolute Gasteiger partial charge is 0.480 e. The molecule has 2 aromatic rings. The number of benzene rings is 1. The third kappa shape index (κ3) is 3.94. The number of aromatic nitrogens is 2. The summed E-state index contributed by atoms with van der Waals surface area (Å²) in [5, 5.41) is 15.8. The van der Waals surface area contributed by atoms with E-state index in [2.05, 4.69) is 10.4 Å². The fraction of sp³-hybridized carbons (Fsp3) is 0.312. The van der Waals surface area contributed by atoms with Gasteiger partial charge in [0.25, 0.3) is 5.91 Å². The lowest BCUT2D eigenvalue weighted by Gasteiger charge is -2.19. The zero-order valence-electron chi connectivity index (χ0n) is 12.9. The van der Waals surface area contributed by atoms with Crippen molar-refractivity contribution in [2.45, 2.75) is 26.3 Å². The maximum atomic E-state index is 12.9. The third-order valence-corrected chi connectivity index (χ3v) is 3.68. The van der Waals surface area contributed by atoms with Crippen LogP contribution in [0.15, 0.2) is 36.5 Å². The lowest BCUT2D eigenvalue weighted by molar-refractivity contribution is -0.140. The molecule has 0 aliphatic rings. The molecule has 0 saturated heterocycles. The molecule has 0 spiro atoms. The Labute approximate surface area is 132 Å². The molecule has 1 amide bonds. The summed E-state index contributed by atoms with van der Waals surface area (Å²) in [6, 6.07) is 6.16. The highest BCUT2D eigenvalue weighted by atomic mass is 19.1. The van der Waals surface area contributed by atoms with Crippen molar-refractivity contribution in [3.05, 3.63) is 48.0 Å². The summed E-state index contributed by atoms with van der Waals surface area (Å²) in [6.45, 7) is 3.62. The molecule has 0 radical (unpaired) electrons. The van der Waals surface area contributed by atoms with Crippen LogP contribution in [0.3, 0.4) is 0 Å². The summed E-state index contributed by atoms with van der Waals surface area (Å²) in [7, 11) is 0. The Morgan fingerprint density at radius 1 is 1.30 bits per heavy atom. The van der Waals surface area contributed by atoms with Crippen molar-refractivity contribution < 1.29 is 19.1 Å². The third-order valence-electron chi connectivity index (χ3n) is 3.68. The van der Waals surface area contributed by atoms with Crippen molar-refractivity contribution in [1.29, 1.82) is 0 Å². The number of carboxylic acid groups (broad SMARTS) is 1. The normalized spacial score (nSPS) is 13.3. The minimum absolute atomic E-state index is 0.101. The number of carbonyl (C=O) groups excluding carboxylic acids is 1. The first kappa shape index (κ1) is 16.7. The molecule has 6 nitrogen and oxygen atoms in total. The van der Waals surface area contributed by atoms with Gasteiger partial charge in [-0.15, -0.1) is 0 Å². The van der Waals surface area contributed by atoms with Crippen molar-refractivity contribution in [1.82, 2.24) is 15.1 Å². The Hall–Kier alpha value is -2.70. The molecular formula is C16H18FN3O3. The first-order valence-electron chi connectivity index (χ1n) is 7.27. The molecular weight excluding hydrogens is 301 g/mol. The van der Waals surface area contributed by atoms with Crippen molar-refractivity contribution >= 4 is 11.9 Å². The van der Waals surface area contributed by atoms with Crippen molar-refractivity contribution in [3.8, 4) is 5.69 Å². The number of nitrogens with zero attached hydrogens (tertiary/aromatic N) is 2. The number of nitrogens with one attached hydrogen (secondary N) is 1. The first-order chi connectivity index (χ1) is 10.9. The van der Waals surface area contributed by atoms with Crippen LogP contribution in [-0.2, 0) is 4.79 Å². The van der Waals surface area contributed by atoms with Gasteiger partial charge in [0.1, 0.15) is 11.9 Å². The van der Waals surface area contributed by atoms with Crippen LogP contribution in [0, 0.1) is 11.7 Å². The molecule has 1 heterocycles. The fourth-order valence-electron chi connectivity index (χ4n) is 2.08. The van der Waals surface area contributed by atoms with Gasteiger partial charge in [0.05, 0.1) is 5.69 Å². The molecule has 0 bridgehead atoms. The number of aliphatic carboxylic acids is 1. The van der Waals surface area contributed by atoms with Gasteiger partial charge in [-0.05, 0) is 36.2 Å². The van der Waals surface area contributed by atoms with Crippen molar-refractivity contribution in [3.63, 3.8) is 0 Å². The van der Waals surface area contributed by atoms with E-state index in [1.807, 2.05) is 6.92 Å². The van der Waals surface area contributed by atoms with Crippen LogP contribution >= 0.6 is 0 Å². The molecule has 0 aliphatic carbocycles. The Kier molecular flexibility index (Phi) is 5.10. The Morgan fingerprint density at radius 2 is 1.96 bits per heavy atom. The lowest BCUT2D eigenvalue weighted by atomic mass is 9.99. The van der Waals surface area contributed by atoms with Gasteiger partial charge in [-0.25, -0.2) is 13.9 Å². The van der Waals surface area contributed by atoms with E-state index in [1.54, 1.807) is 13.1 Å². The lowest BCUT2D eigenvalue weighted by Crippen LogP contribution is -2.45. The number of carboxylic acids is 1. The van der Waals surface area contributed by atoms with Gasteiger partial charge in [0, 0.05) is 6.20 Å². The minimum Gasteiger partial charge on any atom is -0.480 e. The number of amides is 1. The number of hydrogen-bond donors (Lipinski definition) is 2. The van der Waals surface area contributed by atoms with Crippen LogP contribution < -0.4 is 5.32 Å². The summed E-state index contributed by atoms with van der Waals surface area (Å²) in [4.78, 5) is 23.4. The zero-order chi connectivity index (χ0) is 17.0. The Balaban J connectivity index is 2.14. The van der Waals surface area contributed by atoms with E-state index in [1.165, 1.54) is 35.0 Å².